The van der Waals surface area contributed by atoms with Crippen molar-refractivity contribution in [3.05, 3.63) is 90.0 Å². The number of nitrogens with one attached hydrogen (secondary N) is 1. The number of carbonyl (C=O) groups excluding carboxylic acids is 2. The van der Waals surface area contributed by atoms with E-state index in [9.17, 15) is 18.0 Å². The average molecular weight is 580 g/mol. The number of benzene rings is 3. The second-order valence-corrected chi connectivity index (χ2v) is 12.8. The van der Waals surface area contributed by atoms with Crippen LogP contribution < -0.4 is 14.4 Å². The van der Waals surface area contributed by atoms with Gasteiger partial charge >= 0.3 is 0 Å². The highest BCUT2D eigenvalue weighted by atomic mass is 32.2. The predicted molar refractivity (Wildman–Crippen MR) is 162 cm³/mol. The summed E-state index contributed by atoms with van der Waals surface area (Å²) in [5.41, 5.74) is 1.59. The van der Waals surface area contributed by atoms with Gasteiger partial charge in [0, 0.05) is 12.1 Å². The molecule has 0 aliphatic rings. The van der Waals surface area contributed by atoms with Crippen LogP contribution in [0.4, 0.5) is 5.69 Å². The van der Waals surface area contributed by atoms with Crippen molar-refractivity contribution in [2.45, 2.75) is 71.0 Å². The summed E-state index contributed by atoms with van der Waals surface area (Å²) in [5, 5.41) is 2.98. The topological polar surface area (TPSA) is 96.0 Å². The molecule has 220 valence electrons. The third-order valence-corrected chi connectivity index (χ3v) is 8.14. The molecular formula is C32H41N3O5S. The van der Waals surface area contributed by atoms with Gasteiger partial charge in [-0.15, -0.1) is 0 Å². The molecule has 0 saturated carbocycles. The lowest BCUT2D eigenvalue weighted by molar-refractivity contribution is -0.141. The second-order valence-electron chi connectivity index (χ2n) is 10.9. The van der Waals surface area contributed by atoms with Crippen LogP contribution in [0.25, 0.3) is 0 Å². The first kappa shape index (κ1) is 31.7. The lowest BCUT2D eigenvalue weighted by Gasteiger charge is -2.35. The first-order chi connectivity index (χ1) is 19.4. The molecule has 0 aliphatic carbocycles. The molecule has 0 heterocycles. The Kier molecular flexibility index (Phi) is 10.6. The number of amides is 2. The highest BCUT2D eigenvalue weighted by Crippen LogP contribution is 2.33. The highest BCUT2D eigenvalue weighted by molar-refractivity contribution is 7.92. The van der Waals surface area contributed by atoms with Gasteiger partial charge in [0.1, 0.15) is 18.3 Å². The number of anilines is 1. The molecule has 3 aromatic rings. The van der Waals surface area contributed by atoms with E-state index in [1.54, 1.807) is 49.4 Å². The molecule has 41 heavy (non-hydrogen) atoms. The zero-order chi connectivity index (χ0) is 30.2. The van der Waals surface area contributed by atoms with Gasteiger partial charge in [0.05, 0.1) is 17.2 Å². The maximum absolute atomic E-state index is 14.2. The van der Waals surface area contributed by atoms with Crippen molar-refractivity contribution in [1.29, 1.82) is 0 Å². The summed E-state index contributed by atoms with van der Waals surface area (Å²) in [4.78, 5) is 29.2. The van der Waals surface area contributed by atoms with E-state index in [0.717, 1.165) is 15.4 Å². The summed E-state index contributed by atoms with van der Waals surface area (Å²) in [6.45, 7) is 11.2. The number of hydrogen-bond acceptors (Lipinski definition) is 5. The van der Waals surface area contributed by atoms with Crippen LogP contribution in [0.1, 0.15) is 52.2 Å². The normalized spacial score (nSPS) is 12.3. The molecule has 9 heteroatoms. The van der Waals surface area contributed by atoms with Crippen molar-refractivity contribution in [3.8, 4) is 5.75 Å². The van der Waals surface area contributed by atoms with Crippen LogP contribution >= 0.6 is 0 Å². The zero-order valence-corrected chi connectivity index (χ0v) is 25.6. The van der Waals surface area contributed by atoms with Gasteiger partial charge in [-0.3, -0.25) is 13.9 Å². The average Bonchev–Trinajstić information content (AvgIpc) is 2.91. The molecule has 1 N–H and O–H groups in total. The SMILES string of the molecule is CCOc1ccccc1N(CC(=O)N(Cc1cccc(C)c1)[C@H](CC)C(=O)NC(C)(C)C)S(=O)(=O)c1ccccc1. The fourth-order valence-corrected chi connectivity index (χ4v) is 6.00. The molecule has 0 aromatic heterocycles. The van der Waals surface area contributed by atoms with Gasteiger partial charge in [0.25, 0.3) is 10.0 Å². The van der Waals surface area contributed by atoms with Gasteiger partial charge in [-0.25, -0.2) is 8.42 Å². The zero-order valence-electron chi connectivity index (χ0n) is 24.8. The van der Waals surface area contributed by atoms with Crippen molar-refractivity contribution < 1.29 is 22.7 Å². The number of hydrogen-bond donors (Lipinski definition) is 1. The summed E-state index contributed by atoms with van der Waals surface area (Å²) in [6.07, 6.45) is 0.348. The first-order valence-corrected chi connectivity index (χ1v) is 15.3. The van der Waals surface area contributed by atoms with Crippen LogP contribution in [-0.4, -0.2) is 49.9 Å². The van der Waals surface area contributed by atoms with E-state index in [1.807, 2.05) is 58.9 Å². The van der Waals surface area contributed by atoms with E-state index in [2.05, 4.69) is 5.32 Å². The summed E-state index contributed by atoms with van der Waals surface area (Å²) < 4.78 is 34.9. The van der Waals surface area contributed by atoms with Gasteiger partial charge in [0.15, 0.2) is 0 Å². The van der Waals surface area contributed by atoms with Gasteiger partial charge in [0.2, 0.25) is 11.8 Å². The summed E-state index contributed by atoms with van der Waals surface area (Å²) in [5.74, 6) is -0.466. The predicted octanol–water partition coefficient (Wildman–Crippen LogP) is 5.31. The van der Waals surface area contributed by atoms with Crippen LogP contribution in [0.2, 0.25) is 0 Å². The number of carbonyl (C=O) groups is 2. The molecule has 3 rings (SSSR count). The molecule has 0 aliphatic heterocycles. The van der Waals surface area contributed by atoms with E-state index < -0.39 is 34.1 Å². The number of para-hydroxylation sites is 2. The molecule has 0 spiro atoms. The monoisotopic (exact) mass is 579 g/mol. The summed E-state index contributed by atoms with van der Waals surface area (Å²) in [7, 11) is -4.18. The largest absolute Gasteiger partial charge is 0.492 e. The number of aryl methyl sites for hydroxylation is 1. The Hall–Kier alpha value is -3.85. The van der Waals surface area contributed by atoms with Crippen molar-refractivity contribution in [1.82, 2.24) is 10.2 Å². The molecule has 2 amide bonds. The third kappa shape index (κ3) is 8.33. The number of nitrogens with zero attached hydrogens (tertiary/aromatic N) is 2. The third-order valence-electron chi connectivity index (χ3n) is 6.36. The maximum Gasteiger partial charge on any atom is 0.264 e. The molecule has 0 bridgehead atoms. The minimum absolute atomic E-state index is 0.0434. The van der Waals surface area contributed by atoms with Gasteiger partial charge in [-0.05, 0) is 70.9 Å². The van der Waals surface area contributed by atoms with Crippen molar-refractivity contribution >= 4 is 27.5 Å². The van der Waals surface area contributed by atoms with Crippen molar-refractivity contribution in [2.24, 2.45) is 0 Å². The van der Waals surface area contributed by atoms with Crippen molar-refractivity contribution in [2.75, 3.05) is 17.5 Å². The quantitative estimate of drug-likeness (QED) is 0.314. The number of rotatable bonds is 12. The van der Waals surface area contributed by atoms with E-state index >= 15 is 0 Å². The maximum atomic E-state index is 14.2. The van der Waals surface area contributed by atoms with Gasteiger partial charge in [-0.1, -0.05) is 67.1 Å². The second kappa shape index (κ2) is 13.7. The minimum Gasteiger partial charge on any atom is -0.492 e. The molecule has 8 nitrogen and oxygen atoms in total. The number of ether oxygens (including phenoxy) is 1. The van der Waals surface area contributed by atoms with Crippen LogP contribution in [-0.2, 0) is 26.2 Å². The fourth-order valence-electron chi connectivity index (χ4n) is 4.55. The highest BCUT2D eigenvalue weighted by Gasteiger charge is 2.35. The Morgan fingerprint density at radius 3 is 2.20 bits per heavy atom. The Labute approximate surface area is 244 Å². The standard InChI is InChI=1S/C32H41N3O5S/c1-7-27(31(37)33-32(4,5)6)34(22-25-16-14-15-24(3)21-25)30(36)23-35(28-19-12-13-20-29(28)40-8-2)41(38,39)26-17-10-9-11-18-26/h9-21,27H,7-8,22-23H2,1-6H3,(H,33,37)/t27-/m1/s1. The molecular weight excluding hydrogens is 538 g/mol. The Bertz CT molecular complexity index is 1430. The minimum atomic E-state index is -4.18. The Morgan fingerprint density at radius 1 is 0.927 bits per heavy atom. The Morgan fingerprint density at radius 2 is 1.59 bits per heavy atom. The van der Waals surface area contributed by atoms with Crippen molar-refractivity contribution in [3.63, 3.8) is 0 Å². The Balaban J connectivity index is 2.11. The lowest BCUT2D eigenvalue weighted by atomic mass is 10.0. The number of sulfonamides is 1. The van der Waals surface area contributed by atoms with Crippen LogP contribution in [0.5, 0.6) is 5.75 Å². The van der Waals surface area contributed by atoms with Gasteiger partial charge < -0.3 is 15.0 Å². The summed E-state index contributed by atoms with van der Waals surface area (Å²) in [6, 6.07) is 21.6. The molecule has 0 radical (unpaired) electrons. The van der Waals surface area contributed by atoms with Crippen LogP contribution in [0.3, 0.4) is 0 Å². The molecule has 0 unspecified atom stereocenters. The fraction of sp³-hybridized carbons (Fsp3) is 0.375. The molecule has 3 aromatic carbocycles. The van der Waals surface area contributed by atoms with E-state index in [-0.39, 0.29) is 23.0 Å². The molecule has 0 saturated heterocycles. The van der Waals surface area contributed by atoms with Gasteiger partial charge in [-0.2, -0.15) is 0 Å². The summed E-state index contributed by atoms with van der Waals surface area (Å²) >= 11 is 0. The molecule has 0 fully saturated rings. The molecule has 1 atom stereocenters. The van der Waals surface area contributed by atoms with E-state index in [4.69, 9.17) is 4.74 Å². The first-order valence-electron chi connectivity index (χ1n) is 13.8. The smallest absolute Gasteiger partial charge is 0.264 e. The van der Waals surface area contributed by atoms with Crippen LogP contribution in [0, 0.1) is 6.92 Å². The lowest BCUT2D eigenvalue weighted by Crippen LogP contribution is -2.55. The van der Waals surface area contributed by atoms with E-state index in [0.29, 0.717) is 18.8 Å². The van der Waals surface area contributed by atoms with Crippen LogP contribution in [0.15, 0.2) is 83.8 Å². The van der Waals surface area contributed by atoms with E-state index in [1.165, 1.54) is 17.0 Å².